The number of para-hydroxylation sites is 1. The Morgan fingerprint density at radius 3 is 2.48 bits per heavy atom. The predicted octanol–water partition coefficient (Wildman–Crippen LogP) is 6.09. The Morgan fingerprint density at radius 2 is 1.72 bits per heavy atom. The third-order valence-corrected chi connectivity index (χ3v) is 13.4. The van der Waals surface area contributed by atoms with E-state index < -0.39 is 39.6 Å². The van der Waals surface area contributed by atoms with Crippen LogP contribution in [0.25, 0.3) is 10.8 Å². The fraction of sp³-hybridized carbons (Fsp3) is 0.459. The summed E-state index contributed by atoms with van der Waals surface area (Å²) in [4.78, 5) is 26.0. The van der Waals surface area contributed by atoms with Crippen LogP contribution in [-0.2, 0) is 23.9 Å². The zero-order chi connectivity index (χ0) is 32.5. The molecule has 9 heteroatoms. The molecule has 4 aliphatic rings. The Labute approximate surface area is 270 Å². The lowest BCUT2D eigenvalue weighted by Crippen LogP contribution is -2.62. The average Bonchev–Trinajstić information content (AvgIpc) is 3.31. The van der Waals surface area contributed by atoms with E-state index in [0.29, 0.717) is 35.7 Å². The molecule has 3 aromatic rings. The lowest BCUT2D eigenvalue weighted by Gasteiger charge is -2.60. The number of fused-ring (bicyclic) bond motifs is 6. The van der Waals surface area contributed by atoms with E-state index >= 15 is 0 Å². The molecule has 0 radical (unpaired) electrons. The van der Waals surface area contributed by atoms with Gasteiger partial charge in [-0.15, -0.1) is 0 Å². The third kappa shape index (κ3) is 4.77. The van der Waals surface area contributed by atoms with Crippen LogP contribution in [0.5, 0.6) is 0 Å². The first-order valence-electron chi connectivity index (χ1n) is 16.3. The standard InChI is InChI=1S/C37H41NO7S/c1-35-18-16-26(39)20-24(35)14-15-27-28-17-19-37(42,36(28,2)21-30(40)34(27)35)32(41)22-45-46(43,44)31-13-7-9-23-8-6-12-29(33(23)31)38-25-10-4-3-5-11-25/h3-13,20,27-28,30,34,38,40,42H,14-19,21-22H2,1-2H3/t27-,28-,30+,34+,35-,36-,37-/m0/s1. The molecule has 4 aliphatic carbocycles. The Bertz CT molecular complexity index is 1850. The minimum absolute atomic E-state index is 0.0212. The SMILES string of the molecule is C[C@]12CCC(=O)C=C1CC[C@@H]1[C@@H]2[C@H](O)C[C@@]2(C)[C@H]1CC[C@]2(O)C(=O)COS(=O)(=O)c1cccc2cccc(Nc3ccccc3)c12. The number of nitrogens with one attached hydrogen (secondary N) is 1. The summed E-state index contributed by atoms with van der Waals surface area (Å²) in [5, 5.41) is 28.2. The monoisotopic (exact) mass is 643 g/mol. The molecule has 0 aliphatic heterocycles. The molecule has 7 rings (SSSR count). The van der Waals surface area contributed by atoms with Crippen molar-refractivity contribution in [1.29, 1.82) is 0 Å². The highest BCUT2D eigenvalue weighted by Gasteiger charge is 2.68. The number of allylic oxidation sites excluding steroid dienone is 1. The summed E-state index contributed by atoms with van der Waals surface area (Å²) in [5.41, 5.74) is -0.575. The van der Waals surface area contributed by atoms with E-state index in [-0.39, 0.29) is 46.7 Å². The van der Waals surface area contributed by atoms with Gasteiger partial charge < -0.3 is 15.5 Å². The summed E-state index contributed by atoms with van der Waals surface area (Å²) in [6.45, 7) is 3.23. The Hall–Kier alpha value is -3.37. The first-order chi connectivity index (χ1) is 21.9. The van der Waals surface area contributed by atoms with Crippen LogP contribution >= 0.6 is 0 Å². The van der Waals surface area contributed by atoms with Crippen LogP contribution in [0.15, 0.2) is 83.3 Å². The van der Waals surface area contributed by atoms with Crippen LogP contribution in [-0.4, -0.2) is 48.5 Å². The number of rotatable bonds is 7. The third-order valence-electron chi connectivity index (χ3n) is 12.0. The number of hydrogen-bond acceptors (Lipinski definition) is 8. The van der Waals surface area contributed by atoms with Gasteiger partial charge in [0.1, 0.15) is 17.1 Å². The van der Waals surface area contributed by atoms with Crippen molar-refractivity contribution >= 4 is 43.8 Å². The number of anilines is 2. The van der Waals surface area contributed by atoms with E-state index in [4.69, 9.17) is 4.18 Å². The van der Waals surface area contributed by atoms with Gasteiger partial charge in [-0.25, -0.2) is 0 Å². The number of carbonyl (C=O) groups excluding carboxylic acids is 2. The zero-order valence-electron chi connectivity index (χ0n) is 26.2. The van der Waals surface area contributed by atoms with E-state index in [1.165, 1.54) is 6.07 Å². The maximum atomic E-state index is 13.9. The minimum Gasteiger partial charge on any atom is -0.393 e. The number of benzene rings is 3. The molecule has 7 atom stereocenters. The Balaban J connectivity index is 1.14. The van der Waals surface area contributed by atoms with E-state index in [0.717, 1.165) is 24.1 Å². The van der Waals surface area contributed by atoms with Crippen molar-refractivity contribution in [2.24, 2.45) is 28.6 Å². The molecule has 8 nitrogen and oxygen atoms in total. The van der Waals surface area contributed by atoms with Gasteiger partial charge >= 0.3 is 0 Å². The smallest absolute Gasteiger partial charge is 0.298 e. The number of carbonyl (C=O) groups is 2. The molecule has 3 fully saturated rings. The van der Waals surface area contributed by atoms with Crippen LogP contribution in [0.2, 0.25) is 0 Å². The number of ketones is 2. The van der Waals surface area contributed by atoms with Gasteiger partial charge in [-0.3, -0.25) is 13.8 Å². The molecule has 0 heterocycles. The van der Waals surface area contributed by atoms with Crippen LogP contribution in [0, 0.1) is 28.6 Å². The maximum absolute atomic E-state index is 13.9. The molecule has 0 amide bonds. The van der Waals surface area contributed by atoms with Crippen LogP contribution in [0.3, 0.4) is 0 Å². The largest absolute Gasteiger partial charge is 0.393 e. The van der Waals surface area contributed by atoms with Crippen LogP contribution < -0.4 is 5.32 Å². The summed E-state index contributed by atoms with van der Waals surface area (Å²) in [5.74, 6) is -0.531. The second kappa shape index (κ2) is 11.1. The molecule has 0 unspecified atom stereocenters. The lowest BCUT2D eigenvalue weighted by molar-refractivity contribution is -0.181. The molecule has 0 bridgehead atoms. The van der Waals surface area contributed by atoms with Crippen molar-refractivity contribution in [3.8, 4) is 0 Å². The fourth-order valence-electron chi connectivity index (χ4n) is 9.76. The molecule has 0 aromatic heterocycles. The quantitative estimate of drug-likeness (QED) is 0.264. The highest BCUT2D eigenvalue weighted by Crippen LogP contribution is 2.67. The Morgan fingerprint density at radius 1 is 0.978 bits per heavy atom. The van der Waals surface area contributed by atoms with Gasteiger partial charge in [0.15, 0.2) is 11.6 Å². The van der Waals surface area contributed by atoms with Crippen LogP contribution in [0.1, 0.15) is 58.8 Å². The first-order valence-corrected chi connectivity index (χ1v) is 17.7. The molecule has 3 saturated carbocycles. The van der Waals surface area contributed by atoms with Crippen molar-refractivity contribution in [3.05, 3.63) is 78.4 Å². The first kappa shape index (κ1) is 31.2. The molecule has 242 valence electrons. The van der Waals surface area contributed by atoms with Gasteiger partial charge in [-0.1, -0.05) is 61.9 Å². The van der Waals surface area contributed by atoms with E-state index in [2.05, 4.69) is 12.2 Å². The van der Waals surface area contributed by atoms with Gasteiger partial charge in [0.25, 0.3) is 10.1 Å². The summed E-state index contributed by atoms with van der Waals surface area (Å²) in [6, 6.07) is 19.8. The number of aliphatic hydroxyl groups excluding tert-OH is 1. The van der Waals surface area contributed by atoms with E-state index in [9.17, 15) is 28.2 Å². The molecular weight excluding hydrogens is 602 g/mol. The second-order valence-corrected chi connectivity index (χ2v) is 15.9. The lowest BCUT2D eigenvalue weighted by atomic mass is 9.45. The number of hydrogen-bond donors (Lipinski definition) is 3. The summed E-state index contributed by atoms with van der Waals surface area (Å²) >= 11 is 0. The highest BCUT2D eigenvalue weighted by molar-refractivity contribution is 7.87. The van der Waals surface area contributed by atoms with Crippen molar-refractivity contribution in [2.45, 2.75) is 75.4 Å². The van der Waals surface area contributed by atoms with Gasteiger partial charge in [-0.2, -0.15) is 8.42 Å². The maximum Gasteiger partial charge on any atom is 0.298 e. The normalized spacial score (nSPS) is 33.9. The summed E-state index contributed by atoms with van der Waals surface area (Å²) in [7, 11) is -4.41. The van der Waals surface area contributed by atoms with Gasteiger partial charge in [-0.05, 0) is 97.4 Å². The zero-order valence-corrected chi connectivity index (χ0v) is 27.1. The highest BCUT2D eigenvalue weighted by atomic mass is 32.2. The van der Waals surface area contributed by atoms with Crippen molar-refractivity contribution < 1.29 is 32.4 Å². The molecule has 3 aromatic carbocycles. The fourth-order valence-corrected chi connectivity index (χ4v) is 10.9. The topological polar surface area (TPSA) is 130 Å². The minimum atomic E-state index is -4.41. The summed E-state index contributed by atoms with van der Waals surface area (Å²) in [6.07, 6.45) is 4.74. The number of Topliss-reactive ketones (excluding diaryl/α,β-unsaturated/α-hetero) is 1. The molecule has 0 spiro atoms. The van der Waals surface area contributed by atoms with E-state index in [1.54, 1.807) is 18.2 Å². The molecule has 3 N–H and O–H groups in total. The van der Waals surface area contributed by atoms with E-state index in [1.807, 2.05) is 55.5 Å². The Kier molecular flexibility index (Phi) is 7.55. The molecule has 46 heavy (non-hydrogen) atoms. The van der Waals surface area contributed by atoms with Crippen molar-refractivity contribution in [1.82, 2.24) is 0 Å². The van der Waals surface area contributed by atoms with Gasteiger partial charge in [0.05, 0.1) is 6.10 Å². The average molecular weight is 644 g/mol. The van der Waals surface area contributed by atoms with Crippen LogP contribution in [0.4, 0.5) is 11.4 Å². The van der Waals surface area contributed by atoms with Gasteiger partial charge in [0, 0.05) is 28.6 Å². The van der Waals surface area contributed by atoms with Crippen molar-refractivity contribution in [2.75, 3.05) is 11.9 Å². The molecule has 0 saturated heterocycles. The number of aliphatic hydroxyl groups is 2. The van der Waals surface area contributed by atoms with Crippen molar-refractivity contribution in [3.63, 3.8) is 0 Å². The van der Waals surface area contributed by atoms with Gasteiger partial charge in [0.2, 0.25) is 0 Å². The predicted molar refractivity (Wildman–Crippen MR) is 175 cm³/mol. The second-order valence-electron chi connectivity index (χ2n) is 14.3. The summed E-state index contributed by atoms with van der Waals surface area (Å²) < 4.78 is 32.9. The molecular formula is C37H41NO7S.